The van der Waals surface area contributed by atoms with Crippen LogP contribution in [0.25, 0.3) is 0 Å². The standard InChI is InChI=1S/C8H16O4/c1-4-5(2)12-6(3-9)8(11)7(4)10/h4-11H,3H2,1-2H3/t4?,5-,6+,7+,8-/m0/s1. The van der Waals surface area contributed by atoms with Gasteiger partial charge in [-0.2, -0.15) is 0 Å². The fourth-order valence-electron chi connectivity index (χ4n) is 1.44. The third-order valence-electron chi connectivity index (χ3n) is 2.58. The Morgan fingerprint density at radius 2 is 1.75 bits per heavy atom. The number of hydrogen-bond acceptors (Lipinski definition) is 4. The van der Waals surface area contributed by atoms with Crippen LogP contribution in [0.4, 0.5) is 0 Å². The molecule has 1 aliphatic heterocycles. The van der Waals surface area contributed by atoms with Crippen molar-refractivity contribution in [3.05, 3.63) is 0 Å². The molecule has 0 radical (unpaired) electrons. The van der Waals surface area contributed by atoms with Crippen LogP contribution in [0.5, 0.6) is 0 Å². The van der Waals surface area contributed by atoms with Gasteiger partial charge in [-0.05, 0) is 6.92 Å². The number of aliphatic hydroxyl groups excluding tert-OH is 3. The highest BCUT2D eigenvalue weighted by molar-refractivity contribution is 4.87. The van der Waals surface area contributed by atoms with Crippen LogP contribution >= 0.6 is 0 Å². The Bertz CT molecular complexity index is 145. The minimum atomic E-state index is -0.971. The average molecular weight is 176 g/mol. The van der Waals surface area contributed by atoms with Crippen LogP contribution in [0.1, 0.15) is 13.8 Å². The van der Waals surface area contributed by atoms with Gasteiger partial charge in [0.05, 0.1) is 18.8 Å². The van der Waals surface area contributed by atoms with Gasteiger partial charge in [0.25, 0.3) is 0 Å². The van der Waals surface area contributed by atoms with Gasteiger partial charge in [0.15, 0.2) is 0 Å². The highest BCUT2D eigenvalue weighted by Crippen LogP contribution is 2.25. The summed E-state index contributed by atoms with van der Waals surface area (Å²) in [6, 6.07) is 0. The number of hydrogen-bond donors (Lipinski definition) is 3. The largest absolute Gasteiger partial charge is 0.394 e. The molecule has 0 aliphatic carbocycles. The van der Waals surface area contributed by atoms with Crippen molar-refractivity contribution in [3.8, 4) is 0 Å². The summed E-state index contributed by atoms with van der Waals surface area (Å²) >= 11 is 0. The Labute approximate surface area is 71.8 Å². The zero-order chi connectivity index (χ0) is 9.30. The molecule has 72 valence electrons. The summed E-state index contributed by atoms with van der Waals surface area (Å²) < 4.78 is 5.27. The Balaban J connectivity index is 2.63. The van der Waals surface area contributed by atoms with Gasteiger partial charge >= 0.3 is 0 Å². The Hall–Kier alpha value is -0.160. The van der Waals surface area contributed by atoms with Crippen LogP contribution in [-0.2, 0) is 4.74 Å². The highest BCUT2D eigenvalue weighted by atomic mass is 16.5. The summed E-state index contributed by atoms with van der Waals surface area (Å²) in [5.74, 6) is -0.0946. The molecule has 1 rings (SSSR count). The van der Waals surface area contributed by atoms with Crippen molar-refractivity contribution in [1.29, 1.82) is 0 Å². The Morgan fingerprint density at radius 1 is 1.17 bits per heavy atom. The van der Waals surface area contributed by atoms with E-state index in [4.69, 9.17) is 9.84 Å². The lowest BCUT2D eigenvalue weighted by Gasteiger charge is -2.39. The number of ether oxygens (including phenoxy) is 1. The van der Waals surface area contributed by atoms with E-state index in [1.54, 1.807) is 0 Å². The second-order valence-corrected chi connectivity index (χ2v) is 3.40. The maximum atomic E-state index is 9.48. The van der Waals surface area contributed by atoms with E-state index in [-0.39, 0.29) is 18.6 Å². The maximum absolute atomic E-state index is 9.48. The molecule has 1 unspecified atom stereocenters. The van der Waals surface area contributed by atoms with E-state index >= 15 is 0 Å². The molecular weight excluding hydrogens is 160 g/mol. The van der Waals surface area contributed by atoms with Gasteiger partial charge < -0.3 is 20.1 Å². The van der Waals surface area contributed by atoms with Gasteiger partial charge in [-0.15, -0.1) is 0 Å². The molecule has 0 amide bonds. The van der Waals surface area contributed by atoms with Crippen molar-refractivity contribution in [1.82, 2.24) is 0 Å². The molecule has 0 aromatic heterocycles. The fraction of sp³-hybridized carbons (Fsp3) is 1.00. The zero-order valence-corrected chi connectivity index (χ0v) is 7.34. The molecule has 0 aromatic carbocycles. The first-order chi connectivity index (χ1) is 5.57. The molecular formula is C8H16O4. The Morgan fingerprint density at radius 3 is 2.25 bits per heavy atom. The summed E-state index contributed by atoms with van der Waals surface area (Å²) in [5, 5.41) is 27.7. The minimum absolute atomic E-state index is 0.0946. The molecule has 0 bridgehead atoms. The average Bonchev–Trinajstić information content (AvgIpc) is 2.08. The van der Waals surface area contributed by atoms with Crippen LogP contribution in [0.2, 0.25) is 0 Å². The highest BCUT2D eigenvalue weighted by Gasteiger charge is 2.39. The van der Waals surface area contributed by atoms with E-state index in [2.05, 4.69) is 0 Å². The summed E-state index contributed by atoms with van der Waals surface area (Å²) in [6.45, 7) is 3.38. The SMILES string of the molecule is CC1[C@H](C)O[C@H](CO)[C@H](O)[C@@H]1O. The van der Waals surface area contributed by atoms with Crippen molar-refractivity contribution in [3.63, 3.8) is 0 Å². The third kappa shape index (κ3) is 1.61. The second-order valence-electron chi connectivity index (χ2n) is 3.40. The van der Waals surface area contributed by atoms with Crippen LogP contribution in [0.15, 0.2) is 0 Å². The molecule has 1 aliphatic rings. The number of aliphatic hydroxyl groups is 3. The van der Waals surface area contributed by atoms with Crippen LogP contribution < -0.4 is 0 Å². The summed E-state index contributed by atoms with van der Waals surface area (Å²) in [6.07, 6.45) is -2.54. The molecule has 4 nitrogen and oxygen atoms in total. The molecule has 3 N–H and O–H groups in total. The lowest BCUT2D eigenvalue weighted by molar-refractivity contribution is -0.200. The van der Waals surface area contributed by atoms with E-state index in [0.29, 0.717) is 0 Å². The first-order valence-corrected chi connectivity index (χ1v) is 4.20. The molecule has 0 spiro atoms. The molecule has 1 heterocycles. The van der Waals surface area contributed by atoms with Gasteiger partial charge in [-0.25, -0.2) is 0 Å². The normalized spacial score (nSPS) is 49.2. The summed E-state index contributed by atoms with van der Waals surface area (Å²) in [4.78, 5) is 0. The lowest BCUT2D eigenvalue weighted by atomic mass is 9.89. The van der Waals surface area contributed by atoms with Gasteiger partial charge in [-0.3, -0.25) is 0 Å². The van der Waals surface area contributed by atoms with Gasteiger partial charge in [0.2, 0.25) is 0 Å². The smallest absolute Gasteiger partial charge is 0.109 e. The molecule has 12 heavy (non-hydrogen) atoms. The number of rotatable bonds is 1. The lowest BCUT2D eigenvalue weighted by Crippen LogP contribution is -2.53. The molecule has 0 saturated carbocycles. The first-order valence-electron chi connectivity index (χ1n) is 4.20. The van der Waals surface area contributed by atoms with E-state index in [9.17, 15) is 10.2 Å². The van der Waals surface area contributed by atoms with Crippen molar-refractivity contribution in [2.24, 2.45) is 5.92 Å². The van der Waals surface area contributed by atoms with Crippen molar-refractivity contribution < 1.29 is 20.1 Å². The van der Waals surface area contributed by atoms with Crippen molar-refractivity contribution >= 4 is 0 Å². The summed E-state index contributed by atoms with van der Waals surface area (Å²) in [7, 11) is 0. The first kappa shape index (κ1) is 9.92. The van der Waals surface area contributed by atoms with E-state index in [1.807, 2.05) is 13.8 Å². The van der Waals surface area contributed by atoms with E-state index < -0.39 is 18.3 Å². The van der Waals surface area contributed by atoms with E-state index in [1.165, 1.54) is 0 Å². The van der Waals surface area contributed by atoms with Crippen LogP contribution in [0.3, 0.4) is 0 Å². The molecule has 4 heteroatoms. The monoisotopic (exact) mass is 176 g/mol. The molecule has 1 saturated heterocycles. The third-order valence-corrected chi connectivity index (χ3v) is 2.58. The van der Waals surface area contributed by atoms with Crippen molar-refractivity contribution in [2.75, 3.05) is 6.61 Å². The predicted octanol–water partition coefficient (Wildman–Crippen LogP) is -0.876. The molecule has 0 aromatic rings. The van der Waals surface area contributed by atoms with Gasteiger partial charge in [0, 0.05) is 5.92 Å². The zero-order valence-electron chi connectivity index (χ0n) is 7.34. The molecule has 1 fully saturated rings. The van der Waals surface area contributed by atoms with Crippen LogP contribution in [0, 0.1) is 5.92 Å². The fourth-order valence-corrected chi connectivity index (χ4v) is 1.44. The maximum Gasteiger partial charge on any atom is 0.109 e. The predicted molar refractivity (Wildman–Crippen MR) is 42.6 cm³/mol. The van der Waals surface area contributed by atoms with Crippen LogP contribution in [-0.4, -0.2) is 46.3 Å². The van der Waals surface area contributed by atoms with E-state index in [0.717, 1.165) is 0 Å². The second kappa shape index (κ2) is 3.70. The topological polar surface area (TPSA) is 69.9 Å². The van der Waals surface area contributed by atoms with Gasteiger partial charge in [0.1, 0.15) is 12.2 Å². The molecule has 5 atom stereocenters. The summed E-state index contributed by atoms with van der Waals surface area (Å²) in [5.41, 5.74) is 0. The Kier molecular flexibility index (Phi) is 3.06. The van der Waals surface area contributed by atoms with Gasteiger partial charge in [-0.1, -0.05) is 6.92 Å². The minimum Gasteiger partial charge on any atom is -0.394 e. The quantitative estimate of drug-likeness (QED) is 0.485. The van der Waals surface area contributed by atoms with Crippen molar-refractivity contribution in [2.45, 2.75) is 38.3 Å².